The SMILES string of the molecule is O=S(=O)(c1ccc(Cl)cc1Cl)N1CCN(c2nc(Cc3ccc(F)c(F)c3)cs2)CC1. The Kier molecular flexibility index (Phi) is 6.50. The summed E-state index contributed by atoms with van der Waals surface area (Å²) in [7, 11) is -3.73. The maximum Gasteiger partial charge on any atom is 0.244 e. The largest absolute Gasteiger partial charge is 0.345 e. The lowest BCUT2D eigenvalue weighted by Crippen LogP contribution is -2.48. The summed E-state index contributed by atoms with van der Waals surface area (Å²) >= 11 is 13.4. The Morgan fingerprint density at radius 2 is 1.74 bits per heavy atom. The molecule has 31 heavy (non-hydrogen) atoms. The molecule has 4 rings (SSSR count). The summed E-state index contributed by atoms with van der Waals surface area (Å²) in [5.74, 6) is -1.76. The second kappa shape index (κ2) is 8.99. The van der Waals surface area contributed by atoms with E-state index in [2.05, 4.69) is 4.98 Å². The number of nitrogens with zero attached hydrogens (tertiary/aromatic N) is 3. The molecule has 0 saturated carbocycles. The predicted octanol–water partition coefficient (Wildman–Crippen LogP) is 4.83. The average Bonchev–Trinajstić information content (AvgIpc) is 3.19. The van der Waals surface area contributed by atoms with Gasteiger partial charge in [-0.15, -0.1) is 11.3 Å². The number of anilines is 1. The summed E-state index contributed by atoms with van der Waals surface area (Å²) in [6.07, 6.45) is 0.386. The minimum Gasteiger partial charge on any atom is -0.345 e. The number of thiazole rings is 1. The van der Waals surface area contributed by atoms with Gasteiger partial charge in [0.15, 0.2) is 16.8 Å². The third-order valence-corrected chi connectivity index (χ3v) is 8.50. The fraction of sp³-hybridized carbons (Fsp3) is 0.250. The molecule has 0 spiro atoms. The monoisotopic (exact) mass is 503 g/mol. The fourth-order valence-electron chi connectivity index (χ4n) is 3.32. The molecule has 2 heterocycles. The van der Waals surface area contributed by atoms with E-state index >= 15 is 0 Å². The third-order valence-electron chi connectivity index (χ3n) is 4.93. The highest BCUT2D eigenvalue weighted by Gasteiger charge is 2.31. The molecule has 0 aliphatic carbocycles. The minimum atomic E-state index is -3.73. The second-order valence-corrected chi connectivity index (χ2v) is 10.6. The highest BCUT2D eigenvalue weighted by molar-refractivity contribution is 7.89. The van der Waals surface area contributed by atoms with Gasteiger partial charge in [0.1, 0.15) is 4.90 Å². The predicted molar refractivity (Wildman–Crippen MR) is 119 cm³/mol. The molecule has 3 aromatic rings. The molecule has 0 amide bonds. The number of hydrogen-bond donors (Lipinski definition) is 0. The van der Waals surface area contributed by atoms with E-state index in [0.29, 0.717) is 43.2 Å². The Morgan fingerprint density at radius 3 is 2.42 bits per heavy atom. The van der Waals surface area contributed by atoms with Crippen LogP contribution in [0.1, 0.15) is 11.3 Å². The van der Waals surface area contributed by atoms with Crippen LogP contribution in [0.4, 0.5) is 13.9 Å². The highest BCUT2D eigenvalue weighted by Crippen LogP contribution is 2.29. The van der Waals surface area contributed by atoms with Crippen molar-refractivity contribution >= 4 is 49.7 Å². The second-order valence-electron chi connectivity index (χ2n) is 7.01. The topological polar surface area (TPSA) is 53.5 Å². The zero-order valence-electron chi connectivity index (χ0n) is 16.1. The molecule has 2 aromatic carbocycles. The smallest absolute Gasteiger partial charge is 0.244 e. The Hall–Kier alpha value is -1.78. The van der Waals surface area contributed by atoms with Gasteiger partial charge >= 0.3 is 0 Å². The molecule has 1 aromatic heterocycles. The van der Waals surface area contributed by atoms with E-state index in [0.717, 1.165) is 16.9 Å². The molecule has 0 N–H and O–H groups in total. The van der Waals surface area contributed by atoms with Crippen molar-refractivity contribution in [2.24, 2.45) is 0 Å². The maximum absolute atomic E-state index is 13.4. The van der Waals surface area contributed by atoms with Crippen LogP contribution in [0, 0.1) is 11.6 Å². The third kappa shape index (κ3) is 4.85. The first-order chi connectivity index (χ1) is 14.7. The molecular formula is C20H17Cl2F2N3O2S2. The number of halogens is 4. The summed E-state index contributed by atoms with van der Waals surface area (Å²) in [6, 6.07) is 8.13. The Morgan fingerprint density at radius 1 is 1.00 bits per heavy atom. The number of rotatable bonds is 5. The Bertz CT molecular complexity index is 1210. The van der Waals surface area contributed by atoms with Crippen molar-refractivity contribution < 1.29 is 17.2 Å². The number of hydrogen-bond acceptors (Lipinski definition) is 5. The van der Waals surface area contributed by atoms with Gasteiger partial charge in [0, 0.05) is 43.0 Å². The summed E-state index contributed by atoms with van der Waals surface area (Å²) in [6.45, 7) is 1.53. The van der Waals surface area contributed by atoms with Crippen LogP contribution in [0.3, 0.4) is 0 Å². The van der Waals surface area contributed by atoms with Crippen molar-refractivity contribution in [3.8, 4) is 0 Å². The summed E-state index contributed by atoms with van der Waals surface area (Å²) < 4.78 is 53.8. The first kappa shape index (κ1) is 22.4. The molecule has 0 bridgehead atoms. The van der Waals surface area contributed by atoms with Crippen LogP contribution >= 0.6 is 34.5 Å². The number of aromatic nitrogens is 1. The molecule has 0 radical (unpaired) electrons. The normalized spacial score (nSPS) is 15.4. The van der Waals surface area contributed by atoms with Crippen molar-refractivity contribution in [3.63, 3.8) is 0 Å². The zero-order valence-corrected chi connectivity index (χ0v) is 19.2. The van der Waals surface area contributed by atoms with E-state index in [4.69, 9.17) is 23.2 Å². The van der Waals surface area contributed by atoms with E-state index in [9.17, 15) is 17.2 Å². The summed E-state index contributed by atoms with van der Waals surface area (Å²) in [5, 5.41) is 3.10. The van der Waals surface area contributed by atoms with E-state index in [1.165, 1.54) is 46.0 Å². The van der Waals surface area contributed by atoms with Gasteiger partial charge in [0.2, 0.25) is 10.0 Å². The maximum atomic E-state index is 13.4. The molecule has 1 saturated heterocycles. The van der Waals surface area contributed by atoms with Crippen LogP contribution in [0.25, 0.3) is 0 Å². The summed E-state index contributed by atoms with van der Waals surface area (Å²) in [5.41, 5.74) is 1.38. The quantitative estimate of drug-likeness (QED) is 0.500. The molecule has 1 fully saturated rings. The van der Waals surface area contributed by atoms with Crippen molar-refractivity contribution in [2.75, 3.05) is 31.1 Å². The van der Waals surface area contributed by atoms with Crippen LogP contribution in [-0.4, -0.2) is 43.9 Å². The van der Waals surface area contributed by atoms with Gasteiger partial charge in [-0.05, 0) is 35.9 Å². The minimum absolute atomic E-state index is 0.0371. The number of benzene rings is 2. The lowest BCUT2D eigenvalue weighted by molar-refractivity contribution is 0.384. The first-order valence-corrected chi connectivity index (χ1v) is 12.4. The van der Waals surface area contributed by atoms with Gasteiger partial charge in [-0.25, -0.2) is 22.2 Å². The van der Waals surface area contributed by atoms with E-state index < -0.39 is 21.7 Å². The van der Waals surface area contributed by atoms with Crippen LogP contribution in [0.2, 0.25) is 10.0 Å². The lowest BCUT2D eigenvalue weighted by Gasteiger charge is -2.33. The van der Waals surface area contributed by atoms with E-state index in [1.54, 1.807) is 0 Å². The molecule has 0 unspecified atom stereocenters. The zero-order chi connectivity index (χ0) is 22.2. The number of piperazine rings is 1. The first-order valence-electron chi connectivity index (χ1n) is 9.32. The van der Waals surface area contributed by atoms with E-state index in [-0.39, 0.29) is 9.92 Å². The fourth-order valence-corrected chi connectivity index (χ4v) is 6.37. The van der Waals surface area contributed by atoms with E-state index in [1.807, 2.05) is 10.3 Å². The molecule has 5 nitrogen and oxygen atoms in total. The highest BCUT2D eigenvalue weighted by atomic mass is 35.5. The van der Waals surface area contributed by atoms with Gasteiger partial charge in [0.05, 0.1) is 10.7 Å². The molecule has 1 aliphatic heterocycles. The van der Waals surface area contributed by atoms with Crippen LogP contribution in [0.5, 0.6) is 0 Å². The molecule has 0 atom stereocenters. The molecule has 164 valence electrons. The van der Waals surface area contributed by atoms with Crippen LogP contribution < -0.4 is 4.90 Å². The molecular weight excluding hydrogens is 487 g/mol. The van der Waals surface area contributed by atoms with Gasteiger partial charge in [-0.3, -0.25) is 0 Å². The van der Waals surface area contributed by atoms with Crippen molar-refractivity contribution in [1.82, 2.24) is 9.29 Å². The molecule has 11 heteroatoms. The summed E-state index contributed by atoms with van der Waals surface area (Å²) in [4.78, 5) is 6.62. The average molecular weight is 504 g/mol. The van der Waals surface area contributed by atoms with Gasteiger partial charge < -0.3 is 4.90 Å². The standard InChI is InChI=1S/C20H17Cl2F2N3O2S2/c21-14-2-4-19(16(22)11-14)31(28,29)27-7-5-26(6-8-27)20-25-15(12-30-20)9-13-1-3-17(23)18(24)10-13/h1-4,10-12H,5-9H2. The van der Waals surface area contributed by atoms with Crippen LogP contribution in [0.15, 0.2) is 46.7 Å². The van der Waals surface area contributed by atoms with Crippen molar-refractivity contribution in [3.05, 3.63) is 74.7 Å². The Labute approximate surface area is 192 Å². The van der Waals surface area contributed by atoms with Crippen molar-refractivity contribution in [1.29, 1.82) is 0 Å². The number of sulfonamides is 1. The van der Waals surface area contributed by atoms with Gasteiger partial charge in [0.25, 0.3) is 0 Å². The lowest BCUT2D eigenvalue weighted by atomic mass is 10.1. The molecule has 1 aliphatic rings. The van der Waals surface area contributed by atoms with Gasteiger partial charge in [-0.1, -0.05) is 29.3 Å². The van der Waals surface area contributed by atoms with Gasteiger partial charge in [-0.2, -0.15) is 4.31 Å². The van der Waals surface area contributed by atoms with Crippen LogP contribution in [-0.2, 0) is 16.4 Å². The Balaban J connectivity index is 1.41. The van der Waals surface area contributed by atoms with Crippen molar-refractivity contribution in [2.45, 2.75) is 11.3 Å².